The molecule has 2 aromatic rings. The van der Waals surface area contributed by atoms with Gasteiger partial charge in [-0.1, -0.05) is 12.1 Å². The van der Waals surface area contributed by atoms with Crippen molar-refractivity contribution in [3.05, 3.63) is 48.0 Å². The van der Waals surface area contributed by atoms with E-state index in [9.17, 15) is 9.18 Å². The molecule has 1 saturated heterocycles. The number of H-pyrrole nitrogens is 1. The van der Waals surface area contributed by atoms with Gasteiger partial charge in [-0.2, -0.15) is 0 Å². The minimum atomic E-state index is -0.285. The van der Waals surface area contributed by atoms with Crippen molar-refractivity contribution >= 4 is 18.3 Å². The first kappa shape index (κ1) is 16.5. The molecule has 3 N–H and O–H groups in total. The first-order valence-corrected chi connectivity index (χ1v) is 7.13. The van der Waals surface area contributed by atoms with E-state index in [0.29, 0.717) is 18.7 Å². The summed E-state index contributed by atoms with van der Waals surface area (Å²) in [5, 5.41) is 0. The number of benzene rings is 1. The molecule has 1 fully saturated rings. The van der Waals surface area contributed by atoms with Crippen LogP contribution in [0.1, 0.15) is 23.2 Å². The highest BCUT2D eigenvalue weighted by Gasteiger charge is 2.24. The second kappa shape index (κ2) is 6.94. The number of piperidine rings is 1. The van der Waals surface area contributed by atoms with Gasteiger partial charge in [-0.3, -0.25) is 4.79 Å². The molecule has 4 nitrogen and oxygen atoms in total. The fourth-order valence-corrected chi connectivity index (χ4v) is 2.68. The number of aromatic nitrogens is 1. The third-order valence-electron chi connectivity index (χ3n) is 3.96. The van der Waals surface area contributed by atoms with Crippen LogP contribution in [0.15, 0.2) is 36.7 Å². The van der Waals surface area contributed by atoms with Crippen molar-refractivity contribution in [1.29, 1.82) is 0 Å². The summed E-state index contributed by atoms with van der Waals surface area (Å²) in [5.41, 5.74) is 8.12. The highest BCUT2D eigenvalue weighted by atomic mass is 35.5. The monoisotopic (exact) mass is 323 g/mol. The summed E-state index contributed by atoms with van der Waals surface area (Å²) in [7, 11) is 0. The Hall–Kier alpha value is -1.85. The second-order valence-corrected chi connectivity index (χ2v) is 5.42. The van der Waals surface area contributed by atoms with E-state index in [-0.39, 0.29) is 30.2 Å². The van der Waals surface area contributed by atoms with E-state index >= 15 is 0 Å². The van der Waals surface area contributed by atoms with E-state index in [0.717, 1.165) is 24.0 Å². The molecule has 3 rings (SSSR count). The maximum atomic E-state index is 13.0. The van der Waals surface area contributed by atoms with Gasteiger partial charge in [0.05, 0.1) is 5.56 Å². The van der Waals surface area contributed by atoms with Crippen LogP contribution in [0.3, 0.4) is 0 Å². The van der Waals surface area contributed by atoms with Crippen LogP contribution in [0.5, 0.6) is 0 Å². The Morgan fingerprint density at radius 3 is 2.45 bits per heavy atom. The van der Waals surface area contributed by atoms with Gasteiger partial charge in [0.2, 0.25) is 0 Å². The molecule has 2 heterocycles. The molecule has 22 heavy (non-hydrogen) atoms. The van der Waals surface area contributed by atoms with Crippen LogP contribution >= 0.6 is 12.4 Å². The zero-order chi connectivity index (χ0) is 14.8. The van der Waals surface area contributed by atoms with E-state index < -0.39 is 0 Å². The quantitative estimate of drug-likeness (QED) is 0.892. The average Bonchev–Trinajstić information content (AvgIpc) is 2.97. The number of nitrogens with zero attached hydrogens (tertiary/aromatic N) is 1. The fourth-order valence-electron chi connectivity index (χ4n) is 2.68. The summed E-state index contributed by atoms with van der Waals surface area (Å²) in [4.78, 5) is 17.4. The van der Waals surface area contributed by atoms with Crippen LogP contribution in [-0.4, -0.2) is 34.9 Å². The molecular weight excluding hydrogens is 305 g/mol. The van der Waals surface area contributed by atoms with Crippen molar-refractivity contribution in [2.45, 2.75) is 18.9 Å². The lowest BCUT2D eigenvalue weighted by Crippen LogP contribution is -2.42. The molecule has 1 aliphatic rings. The molecular formula is C16H19ClFN3O. The van der Waals surface area contributed by atoms with Gasteiger partial charge in [0, 0.05) is 37.1 Å². The molecule has 0 spiro atoms. The van der Waals surface area contributed by atoms with E-state index in [1.165, 1.54) is 12.1 Å². The number of hydrogen-bond donors (Lipinski definition) is 2. The Morgan fingerprint density at radius 2 is 1.82 bits per heavy atom. The number of nitrogens with two attached hydrogens (primary N) is 1. The maximum Gasteiger partial charge on any atom is 0.256 e. The summed E-state index contributed by atoms with van der Waals surface area (Å²) in [6.07, 6.45) is 5.15. The Balaban J connectivity index is 0.00000176. The number of hydrogen-bond acceptors (Lipinski definition) is 2. The van der Waals surface area contributed by atoms with Crippen molar-refractivity contribution in [3.8, 4) is 11.1 Å². The van der Waals surface area contributed by atoms with Gasteiger partial charge in [0.15, 0.2) is 0 Å². The van der Waals surface area contributed by atoms with Crippen LogP contribution < -0.4 is 5.73 Å². The SMILES string of the molecule is Cl.NC1CCN(C(=O)c2c[nH]cc2-c2ccc(F)cc2)CC1. The summed E-state index contributed by atoms with van der Waals surface area (Å²) < 4.78 is 13.0. The Morgan fingerprint density at radius 1 is 1.18 bits per heavy atom. The summed E-state index contributed by atoms with van der Waals surface area (Å²) in [6.45, 7) is 1.38. The number of amides is 1. The Labute approximate surface area is 134 Å². The molecule has 0 radical (unpaired) electrons. The predicted molar refractivity (Wildman–Crippen MR) is 86.5 cm³/mol. The highest BCUT2D eigenvalue weighted by molar-refractivity contribution is 6.00. The number of carbonyl (C=O) groups excluding carboxylic acids is 1. The van der Waals surface area contributed by atoms with Crippen LogP contribution in [0.2, 0.25) is 0 Å². The second-order valence-electron chi connectivity index (χ2n) is 5.42. The van der Waals surface area contributed by atoms with Crippen LogP contribution in [0.4, 0.5) is 4.39 Å². The highest BCUT2D eigenvalue weighted by Crippen LogP contribution is 2.25. The fraction of sp³-hybridized carbons (Fsp3) is 0.312. The van der Waals surface area contributed by atoms with E-state index in [4.69, 9.17) is 5.73 Å². The average molecular weight is 324 g/mol. The lowest BCUT2D eigenvalue weighted by molar-refractivity contribution is 0.0715. The van der Waals surface area contributed by atoms with Crippen molar-refractivity contribution < 1.29 is 9.18 Å². The van der Waals surface area contributed by atoms with Gasteiger partial charge >= 0.3 is 0 Å². The lowest BCUT2D eigenvalue weighted by atomic mass is 10.0. The van der Waals surface area contributed by atoms with Crippen molar-refractivity contribution in [1.82, 2.24) is 9.88 Å². The molecule has 118 valence electrons. The van der Waals surface area contributed by atoms with Crippen molar-refractivity contribution in [2.24, 2.45) is 5.73 Å². The number of aromatic amines is 1. The number of halogens is 2. The Kier molecular flexibility index (Phi) is 5.21. The molecule has 0 bridgehead atoms. The standard InChI is InChI=1S/C16H18FN3O.ClH/c17-12-3-1-11(2-4-12)14-9-19-10-15(14)16(21)20-7-5-13(18)6-8-20;/h1-4,9-10,13,19H,5-8,18H2;1H. The summed E-state index contributed by atoms with van der Waals surface area (Å²) >= 11 is 0. The zero-order valence-corrected chi connectivity index (χ0v) is 12.9. The normalized spacial score (nSPS) is 15.5. The maximum absolute atomic E-state index is 13.0. The smallest absolute Gasteiger partial charge is 0.256 e. The van der Waals surface area contributed by atoms with Gasteiger partial charge in [0.1, 0.15) is 5.82 Å². The number of nitrogens with one attached hydrogen (secondary N) is 1. The first-order chi connectivity index (χ1) is 10.1. The van der Waals surface area contributed by atoms with Gasteiger partial charge in [-0.15, -0.1) is 12.4 Å². The van der Waals surface area contributed by atoms with Crippen molar-refractivity contribution in [2.75, 3.05) is 13.1 Å². The third kappa shape index (κ3) is 3.31. The number of likely N-dealkylation sites (tertiary alicyclic amines) is 1. The van der Waals surface area contributed by atoms with Crippen LogP contribution in [0, 0.1) is 5.82 Å². The van der Waals surface area contributed by atoms with Crippen LogP contribution in [0.25, 0.3) is 11.1 Å². The Bertz CT molecular complexity index is 633. The molecule has 0 unspecified atom stereocenters. The molecule has 1 aliphatic heterocycles. The van der Waals surface area contributed by atoms with Gasteiger partial charge in [-0.25, -0.2) is 4.39 Å². The zero-order valence-electron chi connectivity index (χ0n) is 12.1. The number of rotatable bonds is 2. The predicted octanol–water partition coefficient (Wildman–Crippen LogP) is 2.81. The molecule has 6 heteroatoms. The first-order valence-electron chi connectivity index (χ1n) is 7.13. The minimum absolute atomic E-state index is 0. The number of carbonyl (C=O) groups is 1. The molecule has 0 aliphatic carbocycles. The molecule has 0 atom stereocenters. The molecule has 1 aromatic heterocycles. The van der Waals surface area contributed by atoms with Gasteiger partial charge in [0.25, 0.3) is 5.91 Å². The van der Waals surface area contributed by atoms with Crippen molar-refractivity contribution in [3.63, 3.8) is 0 Å². The van der Waals surface area contributed by atoms with Gasteiger partial charge in [-0.05, 0) is 30.5 Å². The van der Waals surface area contributed by atoms with Gasteiger partial charge < -0.3 is 15.6 Å². The topological polar surface area (TPSA) is 62.1 Å². The largest absolute Gasteiger partial charge is 0.366 e. The molecule has 1 amide bonds. The summed E-state index contributed by atoms with van der Waals surface area (Å²) in [6, 6.07) is 6.35. The van der Waals surface area contributed by atoms with E-state index in [1.54, 1.807) is 24.5 Å². The summed E-state index contributed by atoms with van der Waals surface area (Å²) in [5.74, 6) is -0.283. The minimum Gasteiger partial charge on any atom is -0.366 e. The lowest BCUT2D eigenvalue weighted by Gasteiger charge is -2.30. The van der Waals surface area contributed by atoms with E-state index in [2.05, 4.69) is 4.98 Å². The molecule has 0 saturated carbocycles. The van der Waals surface area contributed by atoms with Crippen LogP contribution in [-0.2, 0) is 0 Å². The van der Waals surface area contributed by atoms with E-state index in [1.807, 2.05) is 4.90 Å². The molecule has 1 aromatic carbocycles. The third-order valence-corrected chi connectivity index (χ3v) is 3.96.